The quantitative estimate of drug-likeness (QED) is 0.271. The zero-order chi connectivity index (χ0) is 19.6. The van der Waals surface area contributed by atoms with Crippen LogP contribution in [0.5, 0.6) is 0 Å². The van der Waals surface area contributed by atoms with Crippen LogP contribution in [0.2, 0.25) is 0 Å². The second-order valence-electron chi connectivity index (χ2n) is 5.87. The Bertz CT molecular complexity index is 935. The fourth-order valence-electron chi connectivity index (χ4n) is 2.90. The van der Waals surface area contributed by atoms with Gasteiger partial charge in [0.2, 0.25) is 10.9 Å². The van der Waals surface area contributed by atoms with Crippen molar-refractivity contribution in [2.45, 2.75) is 25.0 Å². The Balaban J connectivity index is 1.87. The number of ketones is 1. The zero-order valence-electron chi connectivity index (χ0n) is 13.8. The Labute approximate surface area is 154 Å². The van der Waals surface area contributed by atoms with Crippen molar-refractivity contribution in [3.63, 3.8) is 0 Å². The van der Waals surface area contributed by atoms with Crippen molar-refractivity contribution in [3.05, 3.63) is 46.4 Å². The van der Waals surface area contributed by atoms with Crippen molar-refractivity contribution in [1.82, 2.24) is 10.0 Å². The molecule has 2 unspecified atom stereocenters. The molecule has 0 radical (unpaired) electrons. The zero-order valence-corrected chi connectivity index (χ0v) is 14.7. The highest BCUT2D eigenvalue weighted by Crippen LogP contribution is 2.28. The first-order valence-corrected chi connectivity index (χ1v) is 9.18. The third kappa shape index (κ3) is 3.93. The number of carbonyl (C=O) groups excluding carboxylic acids is 1. The number of nitrogens with zero attached hydrogens (tertiary/aromatic N) is 2. The van der Waals surface area contributed by atoms with Crippen LogP contribution in [-0.4, -0.2) is 45.4 Å². The standard InChI is InChI=1S/C16H15F3N4O3S/c17-10-6-8(2-1-3-23-27(25)26)12(18)11(13(10)19)15(24)9-7-22-16-14(9)20-4-5-21-16/h4-7,14,16,22,27H,1-3H2,(H,23,25,26). The molecule has 27 heavy (non-hydrogen) atoms. The summed E-state index contributed by atoms with van der Waals surface area (Å²) >= 11 is 0. The van der Waals surface area contributed by atoms with E-state index in [-0.39, 0.29) is 30.5 Å². The minimum absolute atomic E-state index is 0.00592. The van der Waals surface area contributed by atoms with Crippen LogP contribution in [0, 0.1) is 17.5 Å². The molecule has 0 saturated carbocycles. The van der Waals surface area contributed by atoms with Gasteiger partial charge in [0.25, 0.3) is 0 Å². The lowest BCUT2D eigenvalue weighted by Crippen LogP contribution is -2.32. The molecule has 0 saturated heterocycles. The lowest BCUT2D eigenvalue weighted by atomic mass is 9.94. The van der Waals surface area contributed by atoms with Crippen molar-refractivity contribution in [1.29, 1.82) is 0 Å². The van der Waals surface area contributed by atoms with Gasteiger partial charge in [0.05, 0.1) is 5.56 Å². The predicted molar refractivity (Wildman–Crippen MR) is 93.1 cm³/mol. The molecule has 0 aromatic heterocycles. The van der Waals surface area contributed by atoms with Gasteiger partial charge in [0, 0.05) is 30.7 Å². The van der Waals surface area contributed by atoms with Gasteiger partial charge in [-0.2, -0.15) is 0 Å². The third-order valence-electron chi connectivity index (χ3n) is 4.17. The van der Waals surface area contributed by atoms with Gasteiger partial charge in [-0.15, -0.1) is 0 Å². The number of halogens is 3. The summed E-state index contributed by atoms with van der Waals surface area (Å²) in [5.74, 6) is -5.11. The van der Waals surface area contributed by atoms with Gasteiger partial charge >= 0.3 is 0 Å². The van der Waals surface area contributed by atoms with Gasteiger partial charge < -0.3 is 5.32 Å². The van der Waals surface area contributed by atoms with Gasteiger partial charge in [0.1, 0.15) is 18.0 Å². The van der Waals surface area contributed by atoms with E-state index < -0.39 is 51.9 Å². The highest BCUT2D eigenvalue weighted by molar-refractivity contribution is 7.70. The van der Waals surface area contributed by atoms with Crippen LogP contribution in [0.1, 0.15) is 22.3 Å². The minimum Gasteiger partial charge on any atom is -0.367 e. The summed E-state index contributed by atoms with van der Waals surface area (Å²) in [5.41, 5.74) is -1.23. The van der Waals surface area contributed by atoms with Gasteiger partial charge in [-0.25, -0.2) is 26.3 Å². The molecule has 2 N–H and O–H groups in total. The Kier molecular flexibility index (Phi) is 5.71. The molecule has 0 fully saturated rings. The number of aryl methyl sites for hydroxylation is 1. The first-order valence-electron chi connectivity index (χ1n) is 8.00. The molecule has 2 aliphatic heterocycles. The summed E-state index contributed by atoms with van der Waals surface area (Å²) in [7, 11) is -2.80. The lowest BCUT2D eigenvalue weighted by Gasteiger charge is -2.17. The van der Waals surface area contributed by atoms with E-state index in [2.05, 4.69) is 20.0 Å². The second-order valence-corrected chi connectivity index (χ2v) is 6.70. The van der Waals surface area contributed by atoms with Crippen LogP contribution >= 0.6 is 0 Å². The number of carbonyl (C=O) groups is 1. The average Bonchev–Trinajstić information content (AvgIpc) is 3.06. The number of nitrogens with one attached hydrogen (secondary N) is 2. The topological polar surface area (TPSA) is 100.0 Å². The molecule has 7 nitrogen and oxygen atoms in total. The minimum atomic E-state index is -2.80. The van der Waals surface area contributed by atoms with E-state index in [0.717, 1.165) is 0 Å². The SMILES string of the molecule is O=C(C1=CNC2N=CC=NC12)c1c(F)c(F)cc(CCCN[SH](=O)=O)c1F. The maximum atomic E-state index is 14.7. The molecule has 2 atom stereocenters. The largest absolute Gasteiger partial charge is 0.367 e. The van der Waals surface area contributed by atoms with E-state index in [4.69, 9.17) is 0 Å². The van der Waals surface area contributed by atoms with Crippen LogP contribution in [0.25, 0.3) is 0 Å². The lowest BCUT2D eigenvalue weighted by molar-refractivity contribution is 0.102. The number of fused-ring (bicyclic) bond motifs is 1. The summed E-state index contributed by atoms with van der Waals surface area (Å²) in [6, 6.07) is -0.0724. The van der Waals surface area contributed by atoms with Gasteiger partial charge in [0.15, 0.2) is 17.4 Å². The smallest absolute Gasteiger partial charge is 0.201 e. The maximum absolute atomic E-state index is 14.7. The summed E-state index contributed by atoms with van der Waals surface area (Å²) in [6.07, 6.45) is 3.59. The fourth-order valence-corrected chi connectivity index (χ4v) is 3.24. The summed E-state index contributed by atoms with van der Waals surface area (Å²) in [6.45, 7) is 0.00592. The van der Waals surface area contributed by atoms with Crippen LogP contribution in [0.15, 0.2) is 27.8 Å². The van der Waals surface area contributed by atoms with Crippen molar-refractivity contribution >= 4 is 29.1 Å². The third-order valence-corrected chi connectivity index (χ3v) is 4.65. The summed E-state index contributed by atoms with van der Waals surface area (Å²) in [4.78, 5) is 20.8. The maximum Gasteiger partial charge on any atom is 0.201 e. The van der Waals surface area contributed by atoms with Crippen molar-refractivity contribution in [2.75, 3.05) is 6.54 Å². The highest BCUT2D eigenvalue weighted by Gasteiger charge is 2.37. The monoisotopic (exact) mass is 400 g/mol. The molecule has 0 spiro atoms. The number of Topliss-reactive ketones (excluding diaryl/α,β-unsaturated/α-hetero) is 1. The van der Waals surface area contributed by atoms with Crippen molar-refractivity contribution in [2.24, 2.45) is 9.98 Å². The molecule has 11 heteroatoms. The van der Waals surface area contributed by atoms with E-state index in [0.29, 0.717) is 6.07 Å². The van der Waals surface area contributed by atoms with E-state index in [1.54, 1.807) is 0 Å². The number of rotatable bonds is 7. The number of benzene rings is 1. The van der Waals surface area contributed by atoms with E-state index >= 15 is 0 Å². The molecule has 0 aliphatic carbocycles. The molecule has 1 aromatic rings. The Morgan fingerprint density at radius 3 is 2.67 bits per heavy atom. The molecule has 1 aromatic carbocycles. The molecule has 144 valence electrons. The normalized spacial score (nSPS) is 20.5. The number of hydrogen-bond donors (Lipinski definition) is 3. The first kappa shape index (κ1) is 19.2. The van der Waals surface area contributed by atoms with Crippen LogP contribution < -0.4 is 10.0 Å². The molecule has 3 rings (SSSR count). The molecule has 2 aliphatic rings. The summed E-state index contributed by atoms with van der Waals surface area (Å²) in [5, 5.41) is 2.78. The van der Waals surface area contributed by atoms with Crippen LogP contribution in [0.3, 0.4) is 0 Å². The van der Waals surface area contributed by atoms with Gasteiger partial charge in [-0.05, 0) is 24.5 Å². The Hall–Kier alpha value is -2.53. The Morgan fingerprint density at radius 1 is 1.19 bits per heavy atom. The van der Waals surface area contributed by atoms with Crippen molar-refractivity contribution < 1.29 is 26.4 Å². The van der Waals surface area contributed by atoms with E-state index in [1.165, 1.54) is 18.6 Å². The number of thiol groups is 1. The first-order chi connectivity index (χ1) is 12.9. The van der Waals surface area contributed by atoms with E-state index in [9.17, 15) is 26.4 Å². The Morgan fingerprint density at radius 2 is 1.93 bits per heavy atom. The fraction of sp³-hybridized carbons (Fsp3) is 0.312. The van der Waals surface area contributed by atoms with Gasteiger partial charge in [-0.1, -0.05) is 0 Å². The molecule has 0 bridgehead atoms. The number of hydrogen-bond acceptors (Lipinski definition) is 6. The molecule has 0 amide bonds. The average molecular weight is 400 g/mol. The molecule has 2 heterocycles. The molecular formula is C16H15F3N4O3S. The van der Waals surface area contributed by atoms with Crippen molar-refractivity contribution in [3.8, 4) is 0 Å². The van der Waals surface area contributed by atoms with Crippen LogP contribution in [0.4, 0.5) is 13.2 Å². The second kappa shape index (κ2) is 8.01. The van der Waals surface area contributed by atoms with E-state index in [1.807, 2.05) is 0 Å². The van der Waals surface area contributed by atoms with Gasteiger partial charge in [-0.3, -0.25) is 14.8 Å². The van der Waals surface area contributed by atoms with Crippen LogP contribution in [-0.2, 0) is 17.3 Å². The summed E-state index contributed by atoms with van der Waals surface area (Å²) < 4.78 is 65.9. The highest BCUT2D eigenvalue weighted by atomic mass is 32.2. The predicted octanol–water partition coefficient (Wildman–Crippen LogP) is 0.672. The number of aliphatic imine (C=N–C) groups is 2. The molecular weight excluding hydrogens is 385 g/mol.